The lowest BCUT2D eigenvalue weighted by atomic mass is 10.2. The molecule has 0 bridgehead atoms. The summed E-state index contributed by atoms with van der Waals surface area (Å²) in [5.74, 6) is 0.634. The first-order valence-electron chi connectivity index (χ1n) is 7.96. The Kier molecular flexibility index (Phi) is 6.86. The molecule has 0 unspecified atom stereocenters. The van der Waals surface area contributed by atoms with Gasteiger partial charge < -0.3 is 19.7 Å². The number of anilines is 1. The van der Waals surface area contributed by atoms with E-state index >= 15 is 0 Å². The Labute approximate surface area is 157 Å². The van der Waals surface area contributed by atoms with Crippen molar-refractivity contribution in [2.45, 2.75) is 13.5 Å². The van der Waals surface area contributed by atoms with Gasteiger partial charge in [0.15, 0.2) is 0 Å². The smallest absolute Gasteiger partial charge is 0.240 e. The lowest BCUT2D eigenvalue weighted by Crippen LogP contribution is -2.39. The minimum atomic E-state index is -0.293. The second-order valence-corrected chi connectivity index (χ2v) is 5.92. The average molecular weight is 377 g/mol. The number of ether oxygens (including phenoxy) is 2. The summed E-state index contributed by atoms with van der Waals surface area (Å²) in [6.07, 6.45) is 0. The zero-order valence-electron chi connectivity index (χ0n) is 14.9. The van der Waals surface area contributed by atoms with E-state index in [9.17, 15) is 9.59 Å². The summed E-state index contributed by atoms with van der Waals surface area (Å²) >= 11 is 6.11. The molecule has 138 valence electrons. The van der Waals surface area contributed by atoms with E-state index in [0.717, 1.165) is 5.56 Å². The number of hydrogen-bond acceptors (Lipinski definition) is 4. The minimum absolute atomic E-state index is 0.118. The van der Waals surface area contributed by atoms with E-state index in [1.807, 2.05) is 24.3 Å². The van der Waals surface area contributed by atoms with Crippen molar-refractivity contribution in [2.75, 3.05) is 25.7 Å². The van der Waals surface area contributed by atoms with Crippen LogP contribution in [0.4, 0.5) is 5.69 Å². The van der Waals surface area contributed by atoms with Crippen molar-refractivity contribution in [1.29, 1.82) is 0 Å². The highest BCUT2D eigenvalue weighted by molar-refractivity contribution is 6.32. The molecule has 0 aliphatic heterocycles. The molecule has 2 amide bonds. The van der Waals surface area contributed by atoms with Crippen LogP contribution in [0.15, 0.2) is 42.5 Å². The number of rotatable bonds is 7. The molecule has 0 radical (unpaired) electrons. The largest absolute Gasteiger partial charge is 0.496 e. The molecular weight excluding hydrogens is 356 g/mol. The lowest BCUT2D eigenvalue weighted by Gasteiger charge is -2.21. The number of benzene rings is 2. The molecule has 0 aliphatic carbocycles. The van der Waals surface area contributed by atoms with E-state index in [1.54, 1.807) is 25.3 Å². The predicted octanol–water partition coefficient (Wildman–Crippen LogP) is 3.03. The van der Waals surface area contributed by atoms with Crippen LogP contribution in [0.5, 0.6) is 11.5 Å². The molecule has 26 heavy (non-hydrogen) atoms. The zero-order valence-corrected chi connectivity index (χ0v) is 15.7. The second kappa shape index (κ2) is 9.10. The summed E-state index contributed by atoms with van der Waals surface area (Å²) in [4.78, 5) is 25.6. The van der Waals surface area contributed by atoms with E-state index in [1.165, 1.54) is 18.9 Å². The Morgan fingerprint density at radius 3 is 2.38 bits per heavy atom. The van der Waals surface area contributed by atoms with Gasteiger partial charge in [0.25, 0.3) is 0 Å². The molecule has 2 aromatic rings. The fourth-order valence-electron chi connectivity index (χ4n) is 2.45. The van der Waals surface area contributed by atoms with Crippen LogP contribution in [0.25, 0.3) is 0 Å². The Morgan fingerprint density at radius 2 is 1.77 bits per heavy atom. The van der Waals surface area contributed by atoms with Crippen molar-refractivity contribution in [2.24, 2.45) is 0 Å². The van der Waals surface area contributed by atoms with Gasteiger partial charge in [0, 0.05) is 24.7 Å². The van der Waals surface area contributed by atoms with E-state index in [0.29, 0.717) is 28.8 Å². The van der Waals surface area contributed by atoms with Crippen LogP contribution in [-0.2, 0) is 16.1 Å². The first kappa shape index (κ1) is 19.6. The van der Waals surface area contributed by atoms with Gasteiger partial charge in [-0.25, -0.2) is 0 Å². The number of hydrogen-bond donors (Lipinski definition) is 1. The summed E-state index contributed by atoms with van der Waals surface area (Å²) in [5, 5.41) is 3.16. The molecule has 0 spiro atoms. The molecule has 0 aliphatic rings. The van der Waals surface area contributed by atoms with Crippen molar-refractivity contribution in [3.05, 3.63) is 53.1 Å². The Bertz CT molecular complexity index is 795. The fourth-order valence-corrected chi connectivity index (χ4v) is 2.70. The third-order valence-corrected chi connectivity index (χ3v) is 4.09. The van der Waals surface area contributed by atoms with E-state index in [4.69, 9.17) is 21.1 Å². The first-order valence-corrected chi connectivity index (χ1v) is 8.34. The normalized spacial score (nSPS) is 10.2. The van der Waals surface area contributed by atoms with Crippen molar-refractivity contribution < 1.29 is 19.1 Å². The van der Waals surface area contributed by atoms with Crippen LogP contribution in [0.3, 0.4) is 0 Å². The highest BCUT2D eigenvalue weighted by atomic mass is 35.5. The number of halogens is 1. The van der Waals surface area contributed by atoms with Gasteiger partial charge >= 0.3 is 0 Å². The van der Waals surface area contributed by atoms with Gasteiger partial charge in [-0.3, -0.25) is 9.59 Å². The maximum absolute atomic E-state index is 12.3. The molecule has 2 rings (SSSR count). The van der Waals surface area contributed by atoms with Crippen molar-refractivity contribution >= 4 is 29.1 Å². The molecule has 0 atom stereocenters. The molecule has 6 nitrogen and oxygen atoms in total. The molecular formula is C19H21ClN2O4. The quantitative estimate of drug-likeness (QED) is 0.806. The van der Waals surface area contributed by atoms with Crippen LogP contribution in [-0.4, -0.2) is 32.6 Å². The fraction of sp³-hybridized carbons (Fsp3) is 0.263. The van der Waals surface area contributed by atoms with Crippen LogP contribution < -0.4 is 19.7 Å². The number of methoxy groups -OCH3 is 2. The zero-order chi connectivity index (χ0) is 19.1. The maximum atomic E-state index is 12.3. The monoisotopic (exact) mass is 376 g/mol. The van der Waals surface area contributed by atoms with Gasteiger partial charge in [0.1, 0.15) is 18.0 Å². The summed E-state index contributed by atoms with van der Waals surface area (Å²) in [6, 6.07) is 12.3. The average Bonchev–Trinajstić information content (AvgIpc) is 2.64. The van der Waals surface area contributed by atoms with Gasteiger partial charge in [-0.05, 0) is 24.3 Å². The molecule has 2 aromatic carbocycles. The topological polar surface area (TPSA) is 67.9 Å². The Balaban J connectivity index is 2.06. The molecule has 0 saturated carbocycles. The van der Waals surface area contributed by atoms with Crippen LogP contribution in [0.2, 0.25) is 5.02 Å². The highest BCUT2D eigenvalue weighted by Crippen LogP contribution is 2.29. The van der Waals surface area contributed by atoms with E-state index < -0.39 is 0 Å². The SMILES string of the molecule is COc1ccc(N(CC(=O)NCc2ccccc2OC)C(C)=O)cc1Cl. The summed E-state index contributed by atoms with van der Waals surface area (Å²) < 4.78 is 10.4. The summed E-state index contributed by atoms with van der Waals surface area (Å²) in [7, 11) is 3.08. The van der Waals surface area contributed by atoms with Crippen molar-refractivity contribution in [1.82, 2.24) is 5.32 Å². The van der Waals surface area contributed by atoms with Gasteiger partial charge in [-0.1, -0.05) is 29.8 Å². The third kappa shape index (κ3) is 4.89. The van der Waals surface area contributed by atoms with Gasteiger partial charge in [0.2, 0.25) is 11.8 Å². The van der Waals surface area contributed by atoms with Crippen LogP contribution in [0.1, 0.15) is 12.5 Å². The van der Waals surface area contributed by atoms with E-state index in [-0.39, 0.29) is 18.4 Å². The number of amides is 2. The minimum Gasteiger partial charge on any atom is -0.496 e. The number of nitrogens with zero attached hydrogens (tertiary/aromatic N) is 1. The van der Waals surface area contributed by atoms with Crippen LogP contribution in [0, 0.1) is 0 Å². The lowest BCUT2D eigenvalue weighted by molar-refractivity contribution is -0.123. The molecule has 0 fully saturated rings. The number of nitrogens with one attached hydrogen (secondary N) is 1. The maximum Gasteiger partial charge on any atom is 0.240 e. The molecule has 0 saturated heterocycles. The molecule has 0 aromatic heterocycles. The summed E-state index contributed by atoms with van der Waals surface area (Å²) in [5.41, 5.74) is 1.38. The second-order valence-electron chi connectivity index (χ2n) is 5.51. The molecule has 7 heteroatoms. The van der Waals surface area contributed by atoms with Gasteiger partial charge in [0.05, 0.1) is 19.2 Å². The van der Waals surface area contributed by atoms with Crippen molar-refractivity contribution in [3.8, 4) is 11.5 Å². The molecule has 0 heterocycles. The molecule has 1 N–H and O–H groups in total. The first-order chi connectivity index (χ1) is 12.5. The van der Waals surface area contributed by atoms with Crippen molar-refractivity contribution in [3.63, 3.8) is 0 Å². The van der Waals surface area contributed by atoms with Gasteiger partial charge in [-0.2, -0.15) is 0 Å². The predicted molar refractivity (Wildman–Crippen MR) is 101 cm³/mol. The van der Waals surface area contributed by atoms with Gasteiger partial charge in [-0.15, -0.1) is 0 Å². The standard InChI is InChI=1S/C19H21ClN2O4/c1-13(23)22(15-8-9-18(26-3)16(20)10-15)12-19(24)21-11-14-6-4-5-7-17(14)25-2/h4-10H,11-12H2,1-3H3,(H,21,24). The third-order valence-electron chi connectivity index (χ3n) is 3.80. The number of carbonyl (C=O) groups excluding carboxylic acids is 2. The van der Waals surface area contributed by atoms with E-state index in [2.05, 4.69) is 5.32 Å². The van der Waals surface area contributed by atoms with Crippen LogP contribution >= 0.6 is 11.6 Å². The summed E-state index contributed by atoms with van der Waals surface area (Å²) in [6.45, 7) is 1.58. The Morgan fingerprint density at radius 1 is 1.08 bits per heavy atom. The number of para-hydroxylation sites is 1. The Hall–Kier alpha value is -2.73. The highest BCUT2D eigenvalue weighted by Gasteiger charge is 2.17. The number of carbonyl (C=O) groups is 2.